The molecular weight excluding hydrogens is 244 g/mol. The van der Waals surface area contributed by atoms with E-state index in [0.29, 0.717) is 13.1 Å². The molecule has 2 amide bonds. The quantitative estimate of drug-likeness (QED) is 0.675. The fourth-order valence-corrected chi connectivity index (χ4v) is 2.29. The average molecular weight is 270 g/mol. The Balaban J connectivity index is 2.24. The average Bonchev–Trinajstić information content (AvgIpc) is 2.37. The monoisotopic (exact) mass is 270 g/mol. The van der Waals surface area contributed by atoms with Crippen LogP contribution in [-0.2, 0) is 9.59 Å². The molecular formula is C13H26N4O2. The van der Waals surface area contributed by atoms with Gasteiger partial charge in [-0.1, -0.05) is 0 Å². The molecule has 1 aliphatic rings. The van der Waals surface area contributed by atoms with E-state index in [2.05, 4.69) is 10.2 Å². The summed E-state index contributed by atoms with van der Waals surface area (Å²) in [6.07, 6.45) is 2.67. The number of hydrogen-bond donors (Lipinski definition) is 2. The molecule has 0 aliphatic carbocycles. The standard InChI is InChI=1S/C13H26N4O2/c1-11(18)15-12-4-8-17(9-5-12)10-13(19)16(2)7-3-6-14/h12H,3-10,14H2,1-2H3,(H,15,18). The number of piperidine rings is 1. The third-order valence-corrected chi connectivity index (χ3v) is 3.48. The van der Waals surface area contributed by atoms with Crippen LogP contribution in [0.5, 0.6) is 0 Å². The molecule has 0 radical (unpaired) electrons. The lowest BCUT2D eigenvalue weighted by molar-refractivity contribution is -0.131. The number of nitrogens with two attached hydrogens (primary N) is 1. The number of rotatable bonds is 6. The molecule has 1 rings (SSSR count). The molecule has 6 heteroatoms. The van der Waals surface area contributed by atoms with E-state index < -0.39 is 0 Å². The van der Waals surface area contributed by atoms with Gasteiger partial charge in [-0.3, -0.25) is 14.5 Å². The van der Waals surface area contributed by atoms with E-state index in [1.54, 1.807) is 11.8 Å². The van der Waals surface area contributed by atoms with Gasteiger partial charge in [0, 0.05) is 39.6 Å². The summed E-state index contributed by atoms with van der Waals surface area (Å²) in [5.41, 5.74) is 5.43. The second kappa shape index (κ2) is 8.12. The van der Waals surface area contributed by atoms with Gasteiger partial charge in [-0.25, -0.2) is 0 Å². The van der Waals surface area contributed by atoms with E-state index in [1.807, 2.05) is 7.05 Å². The maximum Gasteiger partial charge on any atom is 0.236 e. The Morgan fingerprint density at radius 2 is 2.00 bits per heavy atom. The van der Waals surface area contributed by atoms with Crippen molar-refractivity contribution in [2.24, 2.45) is 5.73 Å². The van der Waals surface area contributed by atoms with Crippen LogP contribution < -0.4 is 11.1 Å². The van der Waals surface area contributed by atoms with Crippen molar-refractivity contribution in [3.8, 4) is 0 Å². The molecule has 6 nitrogen and oxygen atoms in total. The van der Waals surface area contributed by atoms with Crippen molar-refractivity contribution in [2.75, 3.05) is 39.8 Å². The molecule has 0 unspecified atom stereocenters. The molecule has 0 aromatic heterocycles. The molecule has 1 heterocycles. The van der Waals surface area contributed by atoms with Gasteiger partial charge in [-0.05, 0) is 25.8 Å². The topological polar surface area (TPSA) is 78.7 Å². The van der Waals surface area contributed by atoms with Gasteiger partial charge in [0.2, 0.25) is 11.8 Å². The van der Waals surface area contributed by atoms with Gasteiger partial charge in [-0.15, -0.1) is 0 Å². The summed E-state index contributed by atoms with van der Waals surface area (Å²) >= 11 is 0. The zero-order chi connectivity index (χ0) is 14.3. The molecule has 0 saturated carbocycles. The number of nitrogens with one attached hydrogen (secondary N) is 1. The van der Waals surface area contributed by atoms with E-state index in [4.69, 9.17) is 5.73 Å². The maximum absolute atomic E-state index is 12.0. The van der Waals surface area contributed by atoms with Crippen molar-refractivity contribution in [1.29, 1.82) is 0 Å². The summed E-state index contributed by atoms with van der Waals surface area (Å²) in [5, 5.41) is 2.93. The van der Waals surface area contributed by atoms with Crippen LogP contribution in [0.4, 0.5) is 0 Å². The number of likely N-dealkylation sites (tertiary alicyclic amines) is 1. The van der Waals surface area contributed by atoms with Crippen LogP contribution >= 0.6 is 0 Å². The molecule has 110 valence electrons. The Labute approximate surface area is 115 Å². The third-order valence-electron chi connectivity index (χ3n) is 3.48. The smallest absolute Gasteiger partial charge is 0.236 e. The first-order valence-corrected chi connectivity index (χ1v) is 6.96. The summed E-state index contributed by atoms with van der Waals surface area (Å²) in [7, 11) is 1.82. The van der Waals surface area contributed by atoms with Gasteiger partial charge in [-0.2, -0.15) is 0 Å². The van der Waals surface area contributed by atoms with E-state index in [-0.39, 0.29) is 17.9 Å². The Bertz CT molecular complexity index is 301. The van der Waals surface area contributed by atoms with Gasteiger partial charge in [0.15, 0.2) is 0 Å². The lowest BCUT2D eigenvalue weighted by atomic mass is 10.1. The molecule has 19 heavy (non-hydrogen) atoms. The number of hydrogen-bond acceptors (Lipinski definition) is 4. The Kier molecular flexibility index (Phi) is 6.80. The van der Waals surface area contributed by atoms with Crippen molar-refractivity contribution in [2.45, 2.75) is 32.2 Å². The predicted molar refractivity (Wildman–Crippen MR) is 74.6 cm³/mol. The first kappa shape index (κ1) is 15.9. The molecule has 0 aromatic carbocycles. The summed E-state index contributed by atoms with van der Waals surface area (Å²) in [6, 6.07) is 0.263. The van der Waals surface area contributed by atoms with Gasteiger partial charge in [0.1, 0.15) is 0 Å². The highest BCUT2D eigenvalue weighted by atomic mass is 16.2. The highest BCUT2D eigenvalue weighted by Crippen LogP contribution is 2.10. The first-order valence-electron chi connectivity index (χ1n) is 6.96. The Hall–Kier alpha value is -1.14. The third kappa shape index (κ3) is 6.02. The molecule has 0 spiro atoms. The van der Waals surface area contributed by atoms with Crippen molar-refractivity contribution in [1.82, 2.24) is 15.1 Å². The minimum Gasteiger partial charge on any atom is -0.354 e. The van der Waals surface area contributed by atoms with Gasteiger partial charge in [0.05, 0.1) is 6.54 Å². The highest BCUT2D eigenvalue weighted by molar-refractivity contribution is 5.78. The first-order chi connectivity index (χ1) is 9.02. The van der Waals surface area contributed by atoms with Gasteiger partial charge >= 0.3 is 0 Å². The van der Waals surface area contributed by atoms with Gasteiger partial charge in [0.25, 0.3) is 0 Å². The Morgan fingerprint density at radius 3 is 2.53 bits per heavy atom. The second-order valence-electron chi connectivity index (χ2n) is 5.21. The number of likely N-dealkylation sites (N-methyl/N-ethyl adjacent to an activating group) is 1. The number of carbonyl (C=O) groups excluding carboxylic acids is 2. The zero-order valence-corrected chi connectivity index (χ0v) is 12.0. The molecule has 1 fully saturated rings. The van der Waals surface area contributed by atoms with Crippen LogP contribution in [0.3, 0.4) is 0 Å². The van der Waals surface area contributed by atoms with Crippen LogP contribution in [-0.4, -0.2) is 67.4 Å². The fourth-order valence-electron chi connectivity index (χ4n) is 2.29. The lowest BCUT2D eigenvalue weighted by Gasteiger charge is -2.32. The molecule has 3 N–H and O–H groups in total. The predicted octanol–water partition coefficient (Wildman–Crippen LogP) is -0.606. The van der Waals surface area contributed by atoms with Crippen LogP contribution in [0.1, 0.15) is 26.2 Å². The van der Waals surface area contributed by atoms with Crippen molar-refractivity contribution < 1.29 is 9.59 Å². The Morgan fingerprint density at radius 1 is 1.37 bits per heavy atom. The minimum absolute atomic E-state index is 0.0241. The summed E-state index contributed by atoms with van der Waals surface area (Å²) in [5.74, 6) is 0.169. The van der Waals surface area contributed by atoms with Gasteiger partial charge < -0.3 is 16.0 Å². The van der Waals surface area contributed by atoms with E-state index in [1.165, 1.54) is 0 Å². The minimum atomic E-state index is 0.0241. The number of carbonyl (C=O) groups is 2. The summed E-state index contributed by atoms with van der Waals surface area (Å²) in [6.45, 7) is 5.07. The van der Waals surface area contributed by atoms with Crippen LogP contribution in [0, 0.1) is 0 Å². The van der Waals surface area contributed by atoms with Crippen molar-refractivity contribution in [3.05, 3.63) is 0 Å². The van der Waals surface area contributed by atoms with E-state index in [9.17, 15) is 9.59 Å². The second-order valence-corrected chi connectivity index (χ2v) is 5.21. The maximum atomic E-state index is 12.0. The van der Waals surface area contributed by atoms with E-state index in [0.717, 1.165) is 38.9 Å². The zero-order valence-electron chi connectivity index (χ0n) is 12.0. The largest absolute Gasteiger partial charge is 0.354 e. The van der Waals surface area contributed by atoms with Crippen LogP contribution in [0.2, 0.25) is 0 Å². The fraction of sp³-hybridized carbons (Fsp3) is 0.846. The van der Waals surface area contributed by atoms with Crippen LogP contribution in [0.25, 0.3) is 0 Å². The van der Waals surface area contributed by atoms with E-state index >= 15 is 0 Å². The number of amides is 2. The summed E-state index contributed by atoms with van der Waals surface area (Å²) < 4.78 is 0. The van der Waals surface area contributed by atoms with Crippen molar-refractivity contribution >= 4 is 11.8 Å². The normalized spacial score (nSPS) is 17.2. The molecule has 0 aromatic rings. The lowest BCUT2D eigenvalue weighted by Crippen LogP contribution is -2.47. The molecule has 0 bridgehead atoms. The molecule has 0 atom stereocenters. The van der Waals surface area contributed by atoms with Crippen molar-refractivity contribution in [3.63, 3.8) is 0 Å². The van der Waals surface area contributed by atoms with Crippen LogP contribution in [0.15, 0.2) is 0 Å². The SMILES string of the molecule is CC(=O)NC1CCN(CC(=O)N(C)CCCN)CC1. The summed E-state index contributed by atoms with van der Waals surface area (Å²) in [4.78, 5) is 26.8. The highest BCUT2D eigenvalue weighted by Gasteiger charge is 2.22. The number of nitrogens with zero attached hydrogens (tertiary/aromatic N) is 2. The molecule has 1 saturated heterocycles. The molecule has 1 aliphatic heterocycles.